The van der Waals surface area contributed by atoms with Gasteiger partial charge in [-0.2, -0.15) is 5.26 Å². The van der Waals surface area contributed by atoms with Gasteiger partial charge in [-0.3, -0.25) is 4.57 Å². The molecule has 3 aliphatic rings. The predicted molar refractivity (Wildman–Crippen MR) is 77.6 cm³/mol. The molecule has 0 unspecified atom stereocenters. The third-order valence-electron chi connectivity index (χ3n) is 4.63. The van der Waals surface area contributed by atoms with Gasteiger partial charge in [0.05, 0.1) is 11.3 Å². The lowest BCUT2D eigenvalue weighted by atomic mass is 9.73. The average Bonchev–Trinajstić information content (AvgIpc) is 2.83. The van der Waals surface area contributed by atoms with Gasteiger partial charge in [0.25, 0.3) is 0 Å². The summed E-state index contributed by atoms with van der Waals surface area (Å²) in [5.74, 6) is -0.473. The highest BCUT2D eigenvalue weighted by Crippen LogP contribution is 2.54. The van der Waals surface area contributed by atoms with Crippen molar-refractivity contribution in [1.82, 2.24) is 4.57 Å². The molecule has 0 radical (unpaired) electrons. The number of aromatic nitrogens is 1. The van der Waals surface area contributed by atoms with Crippen LogP contribution in [0.15, 0.2) is 30.4 Å². The maximum atomic E-state index is 13.5. The van der Waals surface area contributed by atoms with Gasteiger partial charge >= 0.3 is 0 Å². The van der Waals surface area contributed by atoms with Crippen molar-refractivity contribution in [1.29, 1.82) is 5.26 Å². The molecule has 0 saturated carbocycles. The largest absolute Gasteiger partial charge is 0.494 e. The van der Waals surface area contributed by atoms with Crippen LogP contribution in [0.3, 0.4) is 0 Å². The van der Waals surface area contributed by atoms with E-state index in [9.17, 15) is 14.6 Å². The zero-order valence-electron chi connectivity index (χ0n) is 11.6. The summed E-state index contributed by atoms with van der Waals surface area (Å²) in [4.78, 5) is 0. The summed E-state index contributed by atoms with van der Waals surface area (Å²) in [5, 5.41) is 30.1. The molecular formula is C17H13FN2O2. The first-order valence-electron chi connectivity index (χ1n) is 7.16. The molecule has 1 aromatic carbocycles. The molecule has 0 aliphatic heterocycles. The highest BCUT2D eigenvalue weighted by Gasteiger charge is 2.37. The fourth-order valence-electron chi connectivity index (χ4n) is 3.60. The number of hydrogen-bond donors (Lipinski definition) is 2. The Morgan fingerprint density at radius 3 is 2.18 bits per heavy atom. The van der Waals surface area contributed by atoms with Gasteiger partial charge in [-0.15, -0.1) is 0 Å². The molecular weight excluding hydrogens is 283 g/mol. The Hall–Kier alpha value is -2.74. The van der Waals surface area contributed by atoms with Gasteiger partial charge in [0, 0.05) is 23.0 Å². The van der Waals surface area contributed by atoms with Crippen molar-refractivity contribution in [2.24, 2.45) is 0 Å². The first-order valence-corrected chi connectivity index (χ1v) is 7.16. The van der Waals surface area contributed by atoms with Crippen LogP contribution in [0.2, 0.25) is 0 Å². The van der Waals surface area contributed by atoms with Crippen LogP contribution < -0.4 is 0 Å². The molecule has 2 bridgehead atoms. The third-order valence-corrected chi connectivity index (χ3v) is 4.63. The minimum Gasteiger partial charge on any atom is -0.494 e. The van der Waals surface area contributed by atoms with Gasteiger partial charge in [-0.25, -0.2) is 4.39 Å². The van der Waals surface area contributed by atoms with E-state index in [0.717, 1.165) is 24.0 Å². The van der Waals surface area contributed by atoms with Crippen LogP contribution in [0.4, 0.5) is 4.39 Å². The summed E-state index contributed by atoms with van der Waals surface area (Å²) in [7, 11) is 0. The van der Waals surface area contributed by atoms with E-state index in [0.29, 0.717) is 5.69 Å². The monoisotopic (exact) mass is 296 g/mol. The van der Waals surface area contributed by atoms with E-state index in [4.69, 9.17) is 5.26 Å². The second-order valence-electron chi connectivity index (χ2n) is 5.76. The predicted octanol–water partition coefficient (Wildman–Crippen LogP) is 3.43. The van der Waals surface area contributed by atoms with Gasteiger partial charge in [0.15, 0.2) is 0 Å². The molecule has 110 valence electrons. The number of nitrogens with zero attached hydrogens (tertiary/aromatic N) is 2. The highest BCUT2D eigenvalue weighted by atomic mass is 19.1. The van der Waals surface area contributed by atoms with Crippen molar-refractivity contribution in [2.45, 2.75) is 24.7 Å². The van der Waals surface area contributed by atoms with E-state index in [-0.39, 0.29) is 29.2 Å². The van der Waals surface area contributed by atoms with E-state index >= 15 is 0 Å². The Bertz CT molecular complexity index is 823. The van der Waals surface area contributed by atoms with Crippen LogP contribution >= 0.6 is 0 Å². The molecule has 0 spiro atoms. The standard InChI is InChI=1S/C17H13FN2O2/c18-13-6-5-12(7-11(13)8-19)20-16(21)14-9-1-2-10(4-3-9)15(14)17(20)22/h1-2,5-7,9-10,21-22H,3-4H2/t9-,10+. The molecule has 2 N–H and O–H groups in total. The molecule has 5 heteroatoms. The Balaban J connectivity index is 1.95. The summed E-state index contributed by atoms with van der Waals surface area (Å²) in [6.45, 7) is 0. The molecule has 2 aromatic rings. The fraction of sp³-hybridized carbons (Fsp3) is 0.235. The van der Waals surface area contributed by atoms with E-state index in [2.05, 4.69) is 12.2 Å². The lowest BCUT2D eigenvalue weighted by Gasteiger charge is -2.30. The normalized spacial score (nSPS) is 21.6. The average molecular weight is 296 g/mol. The number of rotatable bonds is 1. The number of allylic oxidation sites excluding steroid dienone is 2. The molecule has 0 fully saturated rings. The summed E-state index contributed by atoms with van der Waals surface area (Å²) in [5.41, 5.74) is 1.75. The number of nitriles is 1. The summed E-state index contributed by atoms with van der Waals surface area (Å²) >= 11 is 0. The minimum atomic E-state index is -0.621. The Kier molecular flexibility index (Phi) is 2.58. The lowest BCUT2D eigenvalue weighted by Crippen LogP contribution is -2.15. The molecule has 1 heterocycles. The Morgan fingerprint density at radius 1 is 1.09 bits per heavy atom. The van der Waals surface area contributed by atoms with Crippen LogP contribution in [-0.4, -0.2) is 14.8 Å². The highest BCUT2D eigenvalue weighted by molar-refractivity contribution is 5.60. The van der Waals surface area contributed by atoms with E-state index in [1.54, 1.807) is 6.07 Å². The molecule has 1 aromatic heterocycles. The lowest BCUT2D eigenvalue weighted by molar-refractivity contribution is 0.399. The maximum Gasteiger partial charge on any atom is 0.202 e. The van der Waals surface area contributed by atoms with Crippen molar-refractivity contribution >= 4 is 0 Å². The smallest absolute Gasteiger partial charge is 0.202 e. The number of aromatic hydroxyl groups is 2. The molecule has 22 heavy (non-hydrogen) atoms. The van der Waals surface area contributed by atoms with Gasteiger partial charge in [-0.05, 0) is 31.0 Å². The second kappa shape index (κ2) is 4.38. The van der Waals surface area contributed by atoms with Crippen molar-refractivity contribution < 1.29 is 14.6 Å². The molecule has 5 rings (SSSR count). The molecule has 3 aliphatic carbocycles. The van der Waals surface area contributed by atoms with Gasteiger partial charge in [0.1, 0.15) is 11.9 Å². The quantitative estimate of drug-likeness (QED) is 0.792. The molecule has 4 nitrogen and oxygen atoms in total. The second-order valence-corrected chi connectivity index (χ2v) is 5.76. The first-order chi connectivity index (χ1) is 10.6. The molecule has 0 saturated heterocycles. The van der Waals surface area contributed by atoms with E-state index < -0.39 is 5.82 Å². The van der Waals surface area contributed by atoms with E-state index in [1.165, 1.54) is 22.8 Å². The Morgan fingerprint density at radius 2 is 1.68 bits per heavy atom. The van der Waals surface area contributed by atoms with Crippen molar-refractivity contribution in [3.05, 3.63) is 52.9 Å². The van der Waals surface area contributed by atoms with Crippen LogP contribution in [0, 0.1) is 17.1 Å². The Labute approximate surface area is 126 Å². The first kappa shape index (κ1) is 13.0. The molecule has 0 amide bonds. The van der Waals surface area contributed by atoms with Crippen LogP contribution in [0.25, 0.3) is 5.69 Å². The van der Waals surface area contributed by atoms with Crippen LogP contribution in [0.1, 0.15) is 41.4 Å². The van der Waals surface area contributed by atoms with Gasteiger partial charge in [0.2, 0.25) is 11.8 Å². The summed E-state index contributed by atoms with van der Waals surface area (Å²) < 4.78 is 14.8. The number of hydrogen-bond acceptors (Lipinski definition) is 3. The van der Waals surface area contributed by atoms with Crippen molar-refractivity contribution in [3.63, 3.8) is 0 Å². The van der Waals surface area contributed by atoms with Crippen molar-refractivity contribution in [2.75, 3.05) is 0 Å². The zero-order chi connectivity index (χ0) is 15.4. The van der Waals surface area contributed by atoms with Crippen LogP contribution in [0.5, 0.6) is 11.8 Å². The topological polar surface area (TPSA) is 69.2 Å². The number of fused-ring (bicyclic) bond motifs is 1. The SMILES string of the molecule is N#Cc1cc(-n2c(O)c3c(c2O)[C@H]2C=C[C@@H]3CC2)ccc1F. The third kappa shape index (κ3) is 1.55. The maximum absolute atomic E-state index is 13.5. The van der Waals surface area contributed by atoms with Gasteiger partial charge < -0.3 is 10.2 Å². The van der Waals surface area contributed by atoms with E-state index in [1.807, 2.05) is 0 Å². The zero-order valence-corrected chi connectivity index (χ0v) is 11.6. The van der Waals surface area contributed by atoms with Crippen molar-refractivity contribution in [3.8, 4) is 23.5 Å². The number of benzene rings is 1. The van der Waals surface area contributed by atoms with Gasteiger partial charge in [-0.1, -0.05) is 12.2 Å². The summed E-state index contributed by atoms with van der Waals surface area (Å²) in [6, 6.07) is 5.71. The van der Waals surface area contributed by atoms with Crippen LogP contribution in [-0.2, 0) is 0 Å². The fourth-order valence-corrected chi connectivity index (χ4v) is 3.60. The molecule has 2 atom stereocenters. The summed E-state index contributed by atoms with van der Waals surface area (Å²) in [6.07, 6.45) is 6.01. The number of halogens is 1. The minimum absolute atomic E-state index is 0.0259.